The molecule has 0 aliphatic carbocycles. The van der Waals surface area contributed by atoms with Crippen LogP contribution in [0.15, 0.2) is 18.2 Å². The predicted molar refractivity (Wildman–Crippen MR) is 67.4 cm³/mol. The van der Waals surface area contributed by atoms with Crippen LogP contribution < -0.4 is 0 Å². The van der Waals surface area contributed by atoms with Crippen LogP contribution in [0, 0.1) is 25.5 Å². The van der Waals surface area contributed by atoms with Gasteiger partial charge in [0.25, 0.3) is 0 Å². The van der Waals surface area contributed by atoms with Crippen molar-refractivity contribution in [3.8, 4) is 0 Å². The fraction of sp³-hybridized carbons (Fsp3) is 0.231. The molecule has 1 heterocycles. The Labute approximate surface area is 113 Å². The molecular weight excluding hydrogens is 274 g/mol. The number of rotatable bonds is 3. The van der Waals surface area contributed by atoms with Crippen LogP contribution in [0.3, 0.4) is 0 Å². The molecule has 0 radical (unpaired) electrons. The smallest absolute Gasteiger partial charge is 0.190 e. The van der Waals surface area contributed by atoms with Crippen LogP contribution in [0.25, 0.3) is 0 Å². The molecule has 0 aliphatic heterocycles. The maximum Gasteiger partial charge on any atom is 0.190 e. The van der Waals surface area contributed by atoms with E-state index in [-0.39, 0.29) is 6.54 Å². The quantitative estimate of drug-likeness (QED) is 0.811. The second-order valence-electron chi connectivity index (χ2n) is 4.16. The van der Waals surface area contributed by atoms with Crippen molar-refractivity contribution >= 4 is 17.4 Å². The van der Waals surface area contributed by atoms with Gasteiger partial charge < -0.3 is 0 Å². The summed E-state index contributed by atoms with van der Waals surface area (Å²) in [7, 11) is 0. The number of carbonyl (C=O) groups is 1. The van der Waals surface area contributed by atoms with Gasteiger partial charge in [0.15, 0.2) is 5.78 Å². The normalized spacial score (nSPS) is 10.8. The molecule has 1 aromatic heterocycles. The summed E-state index contributed by atoms with van der Waals surface area (Å²) in [5, 5.41) is 4.50. The maximum atomic E-state index is 13.5. The molecule has 100 valence electrons. The molecule has 19 heavy (non-hydrogen) atoms. The molecule has 3 nitrogen and oxygen atoms in total. The Balaban J connectivity index is 2.34. The van der Waals surface area contributed by atoms with Gasteiger partial charge in [-0.15, -0.1) is 0 Å². The van der Waals surface area contributed by atoms with Crippen molar-refractivity contribution in [1.29, 1.82) is 0 Å². The molecule has 0 fully saturated rings. The van der Waals surface area contributed by atoms with Crippen LogP contribution in [0.2, 0.25) is 5.02 Å². The van der Waals surface area contributed by atoms with Crippen LogP contribution in [-0.4, -0.2) is 15.6 Å². The van der Waals surface area contributed by atoms with E-state index < -0.39 is 23.0 Å². The highest BCUT2D eigenvalue weighted by Gasteiger charge is 2.19. The molecular formula is C13H11ClF2N2O. The molecule has 0 saturated heterocycles. The Bertz CT molecular complexity index is 632. The van der Waals surface area contributed by atoms with E-state index in [2.05, 4.69) is 5.10 Å². The SMILES string of the molecule is Cc1nn(CC(=O)c2c(F)cccc2F)c(C)c1Cl. The Morgan fingerprint density at radius 1 is 1.32 bits per heavy atom. The first kappa shape index (κ1) is 13.7. The highest BCUT2D eigenvalue weighted by Crippen LogP contribution is 2.20. The van der Waals surface area contributed by atoms with E-state index in [1.807, 2.05) is 0 Å². The zero-order valence-corrected chi connectivity index (χ0v) is 11.1. The first-order chi connectivity index (χ1) is 8.91. The van der Waals surface area contributed by atoms with E-state index in [0.29, 0.717) is 16.4 Å². The largest absolute Gasteiger partial charge is 0.292 e. The van der Waals surface area contributed by atoms with Gasteiger partial charge in [0.05, 0.1) is 22.0 Å². The first-order valence-electron chi connectivity index (χ1n) is 5.58. The van der Waals surface area contributed by atoms with Gasteiger partial charge in [-0.05, 0) is 26.0 Å². The standard InChI is InChI=1S/C13H11ClF2N2O/c1-7-13(14)8(2)18(17-7)6-11(19)12-9(15)4-3-5-10(12)16/h3-5H,6H2,1-2H3. The monoisotopic (exact) mass is 284 g/mol. The zero-order valence-electron chi connectivity index (χ0n) is 10.4. The molecule has 0 unspecified atom stereocenters. The van der Waals surface area contributed by atoms with Crippen molar-refractivity contribution in [2.24, 2.45) is 0 Å². The van der Waals surface area contributed by atoms with Crippen molar-refractivity contribution in [3.05, 3.63) is 51.8 Å². The number of Topliss-reactive ketones (excluding diaryl/α,β-unsaturated/α-hetero) is 1. The van der Waals surface area contributed by atoms with Crippen LogP contribution >= 0.6 is 11.6 Å². The molecule has 6 heteroatoms. The molecule has 0 aliphatic rings. The summed E-state index contributed by atoms with van der Waals surface area (Å²) in [5.74, 6) is -2.44. The third kappa shape index (κ3) is 2.51. The number of ketones is 1. The number of hydrogen-bond donors (Lipinski definition) is 0. The lowest BCUT2D eigenvalue weighted by molar-refractivity contribution is 0.0958. The highest BCUT2D eigenvalue weighted by molar-refractivity contribution is 6.31. The summed E-state index contributed by atoms with van der Waals surface area (Å²) in [6.45, 7) is 3.13. The van der Waals surface area contributed by atoms with E-state index in [1.54, 1.807) is 13.8 Å². The fourth-order valence-electron chi connectivity index (χ4n) is 1.81. The summed E-state index contributed by atoms with van der Waals surface area (Å²) in [5.41, 5.74) is 0.608. The molecule has 0 spiro atoms. The summed E-state index contributed by atoms with van der Waals surface area (Å²) in [6.07, 6.45) is 0. The van der Waals surface area contributed by atoms with E-state index in [4.69, 9.17) is 11.6 Å². The molecule has 2 aromatic rings. The number of aromatic nitrogens is 2. The number of hydrogen-bond acceptors (Lipinski definition) is 2. The van der Waals surface area contributed by atoms with Crippen molar-refractivity contribution in [2.45, 2.75) is 20.4 Å². The van der Waals surface area contributed by atoms with Gasteiger partial charge in [0.1, 0.15) is 18.2 Å². The van der Waals surface area contributed by atoms with Gasteiger partial charge in [-0.3, -0.25) is 9.48 Å². The topological polar surface area (TPSA) is 34.9 Å². The van der Waals surface area contributed by atoms with E-state index in [0.717, 1.165) is 12.1 Å². The Hall–Kier alpha value is -1.75. The minimum Gasteiger partial charge on any atom is -0.292 e. The lowest BCUT2D eigenvalue weighted by Crippen LogP contribution is -2.16. The minimum absolute atomic E-state index is 0.253. The van der Waals surface area contributed by atoms with Crippen molar-refractivity contribution < 1.29 is 13.6 Å². The second-order valence-corrected chi connectivity index (χ2v) is 4.54. The van der Waals surface area contributed by atoms with Gasteiger partial charge in [-0.1, -0.05) is 17.7 Å². The molecule has 2 rings (SSSR count). The molecule has 0 N–H and O–H groups in total. The van der Waals surface area contributed by atoms with E-state index in [9.17, 15) is 13.6 Å². The molecule has 0 amide bonds. The zero-order chi connectivity index (χ0) is 14.2. The molecule has 0 saturated carbocycles. The Morgan fingerprint density at radius 2 is 1.89 bits per heavy atom. The Kier molecular flexibility index (Phi) is 3.66. The number of nitrogens with zero attached hydrogens (tertiary/aromatic N) is 2. The highest BCUT2D eigenvalue weighted by atomic mass is 35.5. The van der Waals surface area contributed by atoms with Crippen molar-refractivity contribution in [2.75, 3.05) is 0 Å². The van der Waals surface area contributed by atoms with E-state index in [1.165, 1.54) is 10.7 Å². The third-order valence-electron chi connectivity index (χ3n) is 2.83. The van der Waals surface area contributed by atoms with Crippen LogP contribution in [0.4, 0.5) is 8.78 Å². The van der Waals surface area contributed by atoms with Gasteiger partial charge in [-0.2, -0.15) is 5.10 Å². The van der Waals surface area contributed by atoms with Gasteiger partial charge >= 0.3 is 0 Å². The summed E-state index contributed by atoms with van der Waals surface area (Å²) >= 11 is 5.95. The van der Waals surface area contributed by atoms with Crippen LogP contribution in [0.5, 0.6) is 0 Å². The molecule has 1 aromatic carbocycles. The van der Waals surface area contributed by atoms with Crippen LogP contribution in [0.1, 0.15) is 21.7 Å². The minimum atomic E-state index is -0.877. The second kappa shape index (κ2) is 5.09. The summed E-state index contributed by atoms with van der Waals surface area (Å²) in [6, 6.07) is 3.30. The summed E-state index contributed by atoms with van der Waals surface area (Å²) < 4.78 is 28.3. The van der Waals surface area contributed by atoms with Gasteiger partial charge in [0.2, 0.25) is 0 Å². The van der Waals surface area contributed by atoms with Gasteiger partial charge in [-0.25, -0.2) is 8.78 Å². The first-order valence-corrected chi connectivity index (χ1v) is 5.96. The number of carbonyl (C=O) groups excluding carboxylic acids is 1. The molecule has 0 atom stereocenters. The number of halogens is 3. The Morgan fingerprint density at radius 3 is 2.37 bits per heavy atom. The van der Waals surface area contributed by atoms with Crippen molar-refractivity contribution in [1.82, 2.24) is 9.78 Å². The lowest BCUT2D eigenvalue weighted by Gasteiger charge is -2.06. The van der Waals surface area contributed by atoms with Gasteiger partial charge in [0, 0.05) is 0 Å². The fourth-order valence-corrected chi connectivity index (χ4v) is 1.94. The third-order valence-corrected chi connectivity index (χ3v) is 3.38. The summed E-state index contributed by atoms with van der Waals surface area (Å²) in [4.78, 5) is 11.9. The maximum absolute atomic E-state index is 13.5. The number of benzene rings is 1. The van der Waals surface area contributed by atoms with Crippen molar-refractivity contribution in [3.63, 3.8) is 0 Å². The molecule has 0 bridgehead atoms. The average molecular weight is 285 g/mol. The van der Waals surface area contributed by atoms with E-state index >= 15 is 0 Å². The van der Waals surface area contributed by atoms with Crippen LogP contribution in [-0.2, 0) is 6.54 Å². The average Bonchev–Trinajstić information content (AvgIpc) is 2.57. The lowest BCUT2D eigenvalue weighted by atomic mass is 10.1. The predicted octanol–water partition coefficient (Wildman–Crippen LogP) is 3.31. The number of aryl methyl sites for hydroxylation is 1.